The average molecular weight is 409 g/mol. The fourth-order valence-corrected chi connectivity index (χ4v) is 3.46. The predicted octanol–water partition coefficient (Wildman–Crippen LogP) is 5.75. The molecule has 26 heavy (non-hydrogen) atoms. The Balaban J connectivity index is 1.92. The summed E-state index contributed by atoms with van der Waals surface area (Å²) in [6.07, 6.45) is 4.79. The van der Waals surface area contributed by atoms with Crippen molar-refractivity contribution >= 4 is 21.6 Å². The Hall–Kier alpha value is -2.46. The summed E-state index contributed by atoms with van der Waals surface area (Å²) in [5, 5.41) is 13.2. The van der Waals surface area contributed by atoms with Crippen LogP contribution in [-0.4, -0.2) is 15.9 Å². The number of aryl methyl sites for hydroxylation is 1. The maximum Gasteiger partial charge on any atom is 0.0623 e. The lowest BCUT2D eigenvalue weighted by atomic mass is 9.84. The molecule has 0 saturated carbocycles. The highest BCUT2D eigenvalue weighted by atomic mass is 79.9. The van der Waals surface area contributed by atoms with E-state index in [4.69, 9.17) is 0 Å². The molecule has 0 saturated heterocycles. The lowest BCUT2D eigenvalue weighted by Gasteiger charge is -2.21. The molecule has 0 amide bonds. The zero-order chi connectivity index (χ0) is 18.4. The summed E-state index contributed by atoms with van der Waals surface area (Å²) >= 11 is 3.50. The molecular weight excluding hydrogens is 388 g/mol. The molecule has 2 aromatic carbocycles. The highest BCUT2D eigenvalue weighted by molar-refractivity contribution is 9.10. The van der Waals surface area contributed by atoms with Gasteiger partial charge >= 0.3 is 0 Å². The quantitative estimate of drug-likeness (QED) is 0.320. The third-order valence-corrected chi connectivity index (χ3v) is 5.10. The second-order valence-electron chi connectivity index (χ2n) is 6.36. The molecule has 0 aliphatic rings. The van der Waals surface area contributed by atoms with Gasteiger partial charge in [-0.1, -0.05) is 57.5 Å². The van der Waals surface area contributed by atoms with Gasteiger partial charge in [0, 0.05) is 35.6 Å². The van der Waals surface area contributed by atoms with Gasteiger partial charge in [-0.05, 0) is 53.4 Å². The molecule has 0 spiro atoms. The monoisotopic (exact) mass is 408 g/mol. The Morgan fingerprint density at radius 3 is 2.38 bits per heavy atom. The van der Waals surface area contributed by atoms with Gasteiger partial charge in [-0.25, -0.2) is 0 Å². The Morgan fingerprint density at radius 1 is 1.04 bits per heavy atom. The maximum absolute atomic E-state index is 9.61. The summed E-state index contributed by atoms with van der Waals surface area (Å²) < 4.78 is 1.05. The SMILES string of the molecule is Cc1ccccc1C(CC(Cc1ccncc1)=NO)c1ccc(Br)cc1. The van der Waals surface area contributed by atoms with Gasteiger partial charge in [0.15, 0.2) is 0 Å². The van der Waals surface area contributed by atoms with Crippen LogP contribution < -0.4 is 0 Å². The first-order chi connectivity index (χ1) is 12.7. The number of pyridine rings is 1. The Kier molecular flexibility index (Phi) is 6.18. The van der Waals surface area contributed by atoms with Crippen LogP contribution in [0.15, 0.2) is 82.7 Å². The minimum absolute atomic E-state index is 0.136. The highest BCUT2D eigenvalue weighted by Crippen LogP contribution is 2.32. The first-order valence-corrected chi connectivity index (χ1v) is 9.36. The van der Waals surface area contributed by atoms with E-state index in [1.165, 1.54) is 16.7 Å². The second kappa shape index (κ2) is 8.77. The molecule has 3 aromatic rings. The number of hydrogen-bond acceptors (Lipinski definition) is 3. The van der Waals surface area contributed by atoms with E-state index in [-0.39, 0.29) is 5.92 Å². The summed E-state index contributed by atoms with van der Waals surface area (Å²) in [6, 6.07) is 20.7. The molecule has 1 N–H and O–H groups in total. The lowest BCUT2D eigenvalue weighted by molar-refractivity contribution is 0.316. The third-order valence-electron chi connectivity index (χ3n) is 4.57. The fraction of sp³-hybridized carbons (Fsp3) is 0.182. The van der Waals surface area contributed by atoms with E-state index in [1.807, 2.05) is 12.1 Å². The molecule has 0 fully saturated rings. The Morgan fingerprint density at radius 2 is 1.73 bits per heavy atom. The standard InChI is InChI=1S/C22H21BrN2O/c1-16-4-2-3-5-21(16)22(18-6-8-19(23)9-7-18)15-20(25-26)14-17-10-12-24-13-11-17/h2-13,22,26H,14-15H2,1H3. The van der Waals surface area contributed by atoms with Crippen molar-refractivity contribution in [1.82, 2.24) is 4.98 Å². The average Bonchev–Trinajstić information content (AvgIpc) is 2.67. The third kappa shape index (κ3) is 4.58. The maximum atomic E-state index is 9.61. The van der Waals surface area contributed by atoms with Gasteiger partial charge in [-0.15, -0.1) is 0 Å². The number of rotatable bonds is 6. The van der Waals surface area contributed by atoms with Crippen LogP contribution in [0.1, 0.15) is 34.6 Å². The second-order valence-corrected chi connectivity index (χ2v) is 7.28. The van der Waals surface area contributed by atoms with Crippen molar-refractivity contribution in [2.75, 3.05) is 0 Å². The van der Waals surface area contributed by atoms with E-state index in [9.17, 15) is 5.21 Å². The van der Waals surface area contributed by atoms with Gasteiger partial charge in [0.05, 0.1) is 5.71 Å². The van der Waals surface area contributed by atoms with E-state index in [0.717, 1.165) is 15.7 Å². The van der Waals surface area contributed by atoms with Crippen molar-refractivity contribution in [3.05, 3.63) is 99.8 Å². The normalized spacial score (nSPS) is 12.8. The van der Waals surface area contributed by atoms with Crippen LogP contribution in [0.4, 0.5) is 0 Å². The van der Waals surface area contributed by atoms with E-state index >= 15 is 0 Å². The minimum atomic E-state index is 0.136. The van der Waals surface area contributed by atoms with Crippen LogP contribution in [0.5, 0.6) is 0 Å². The van der Waals surface area contributed by atoms with E-state index < -0.39 is 0 Å². The molecule has 3 rings (SSSR count). The van der Waals surface area contributed by atoms with Crippen LogP contribution in [0, 0.1) is 6.92 Å². The molecule has 0 bridgehead atoms. The molecule has 0 aliphatic heterocycles. The highest BCUT2D eigenvalue weighted by Gasteiger charge is 2.19. The molecule has 1 aromatic heterocycles. The number of halogens is 1. The van der Waals surface area contributed by atoms with Crippen LogP contribution >= 0.6 is 15.9 Å². The van der Waals surface area contributed by atoms with Crippen molar-refractivity contribution in [1.29, 1.82) is 0 Å². The van der Waals surface area contributed by atoms with Crippen LogP contribution in [0.2, 0.25) is 0 Å². The van der Waals surface area contributed by atoms with Gasteiger partial charge in [0.2, 0.25) is 0 Å². The van der Waals surface area contributed by atoms with Crippen molar-refractivity contribution in [2.24, 2.45) is 5.16 Å². The number of hydrogen-bond donors (Lipinski definition) is 1. The van der Waals surface area contributed by atoms with E-state index in [0.29, 0.717) is 12.8 Å². The molecule has 1 atom stereocenters. The molecule has 0 radical (unpaired) electrons. The number of aromatic nitrogens is 1. The first-order valence-electron chi connectivity index (χ1n) is 8.57. The predicted molar refractivity (Wildman–Crippen MR) is 109 cm³/mol. The lowest BCUT2D eigenvalue weighted by Crippen LogP contribution is -2.12. The number of nitrogens with zero attached hydrogens (tertiary/aromatic N) is 2. The Bertz CT molecular complexity index is 876. The van der Waals surface area contributed by atoms with Crippen LogP contribution in [0.3, 0.4) is 0 Å². The molecule has 0 aliphatic carbocycles. The van der Waals surface area contributed by atoms with Crippen molar-refractivity contribution < 1.29 is 5.21 Å². The molecule has 1 unspecified atom stereocenters. The molecule has 3 nitrogen and oxygen atoms in total. The largest absolute Gasteiger partial charge is 0.411 e. The summed E-state index contributed by atoms with van der Waals surface area (Å²) in [7, 11) is 0. The summed E-state index contributed by atoms with van der Waals surface area (Å²) in [6.45, 7) is 2.12. The van der Waals surface area contributed by atoms with Gasteiger partial charge in [-0.2, -0.15) is 0 Å². The molecule has 1 heterocycles. The summed E-state index contributed by atoms with van der Waals surface area (Å²) in [5.74, 6) is 0.136. The number of benzene rings is 2. The number of oxime groups is 1. The Labute approximate surface area is 162 Å². The molecule has 132 valence electrons. The first kappa shape index (κ1) is 18.3. The van der Waals surface area contributed by atoms with Crippen molar-refractivity contribution in [3.8, 4) is 0 Å². The van der Waals surface area contributed by atoms with Gasteiger partial charge < -0.3 is 5.21 Å². The summed E-state index contributed by atoms with van der Waals surface area (Å²) in [4.78, 5) is 4.05. The topological polar surface area (TPSA) is 45.5 Å². The molecule has 4 heteroatoms. The van der Waals surface area contributed by atoms with Crippen LogP contribution in [-0.2, 0) is 6.42 Å². The van der Waals surface area contributed by atoms with Gasteiger partial charge in [0.1, 0.15) is 0 Å². The van der Waals surface area contributed by atoms with Crippen molar-refractivity contribution in [3.63, 3.8) is 0 Å². The van der Waals surface area contributed by atoms with Gasteiger partial charge in [-0.3, -0.25) is 4.98 Å². The summed E-state index contributed by atoms with van der Waals surface area (Å²) in [5.41, 5.74) is 5.55. The zero-order valence-corrected chi connectivity index (χ0v) is 16.2. The van der Waals surface area contributed by atoms with E-state index in [2.05, 4.69) is 81.5 Å². The van der Waals surface area contributed by atoms with Gasteiger partial charge in [0.25, 0.3) is 0 Å². The molecular formula is C22H21BrN2O. The van der Waals surface area contributed by atoms with Crippen LogP contribution in [0.25, 0.3) is 0 Å². The van der Waals surface area contributed by atoms with Crippen molar-refractivity contribution in [2.45, 2.75) is 25.7 Å². The minimum Gasteiger partial charge on any atom is -0.411 e. The smallest absolute Gasteiger partial charge is 0.0623 e. The van der Waals surface area contributed by atoms with E-state index in [1.54, 1.807) is 12.4 Å². The zero-order valence-electron chi connectivity index (χ0n) is 14.6. The fourth-order valence-electron chi connectivity index (χ4n) is 3.20.